The molecule has 0 radical (unpaired) electrons. The van der Waals surface area contributed by atoms with E-state index in [1.807, 2.05) is 6.07 Å². The van der Waals surface area contributed by atoms with Crippen molar-refractivity contribution in [1.29, 1.82) is 0 Å². The molecule has 3 rings (SSSR count). The lowest BCUT2D eigenvalue weighted by atomic mass is 9.96. The lowest BCUT2D eigenvalue weighted by Crippen LogP contribution is -2.33. The van der Waals surface area contributed by atoms with Gasteiger partial charge in [0.25, 0.3) is 0 Å². The third kappa shape index (κ3) is 4.11. The maximum Gasteiger partial charge on any atom is 0.213 e. The van der Waals surface area contributed by atoms with Gasteiger partial charge in [-0.2, -0.15) is 0 Å². The van der Waals surface area contributed by atoms with Crippen LogP contribution in [0.4, 0.5) is 0 Å². The Morgan fingerprint density at radius 1 is 1.13 bits per heavy atom. The predicted molar refractivity (Wildman–Crippen MR) is 93.6 cm³/mol. The third-order valence-corrected chi connectivity index (χ3v) is 4.04. The molecule has 0 amide bonds. The van der Waals surface area contributed by atoms with Crippen molar-refractivity contribution >= 4 is 0 Å². The molecule has 0 saturated heterocycles. The number of pyridine rings is 1. The topological polar surface area (TPSA) is 25.4 Å². The molecule has 1 unspecified atom stereocenters. The van der Waals surface area contributed by atoms with E-state index >= 15 is 0 Å². The van der Waals surface area contributed by atoms with E-state index in [4.69, 9.17) is 9.72 Å². The number of ether oxygens (including phenoxy) is 1. The fraction of sp³-hybridized carbons (Fsp3) is 0.450. The molecule has 0 spiro atoms. The smallest absolute Gasteiger partial charge is 0.213 e. The third-order valence-electron chi connectivity index (χ3n) is 4.04. The molecule has 1 aromatic heterocycles. The van der Waals surface area contributed by atoms with E-state index in [9.17, 15) is 0 Å². The molecule has 1 atom stereocenters. The summed E-state index contributed by atoms with van der Waals surface area (Å²) in [6, 6.07) is 14.8. The van der Waals surface area contributed by atoms with Gasteiger partial charge in [0, 0.05) is 31.6 Å². The molecular weight excluding hydrogens is 284 g/mol. The van der Waals surface area contributed by atoms with Crippen molar-refractivity contribution in [2.24, 2.45) is 0 Å². The number of rotatable bonds is 3. The average molecular weight is 310 g/mol. The van der Waals surface area contributed by atoms with Crippen LogP contribution in [0.3, 0.4) is 0 Å². The summed E-state index contributed by atoms with van der Waals surface area (Å²) < 4.78 is 5.91. The summed E-state index contributed by atoms with van der Waals surface area (Å²) >= 11 is 0. The van der Waals surface area contributed by atoms with Gasteiger partial charge in [0.15, 0.2) is 0 Å². The Bertz CT molecular complexity index is 661. The highest BCUT2D eigenvalue weighted by atomic mass is 16.5. The largest absolute Gasteiger partial charge is 0.472 e. The van der Waals surface area contributed by atoms with Gasteiger partial charge in [-0.1, -0.05) is 43.3 Å². The van der Waals surface area contributed by atoms with Gasteiger partial charge in [-0.25, -0.2) is 4.98 Å². The minimum Gasteiger partial charge on any atom is -0.472 e. The summed E-state index contributed by atoms with van der Waals surface area (Å²) in [5.74, 6) is 1.16. The van der Waals surface area contributed by atoms with Crippen LogP contribution in [-0.2, 0) is 13.1 Å². The van der Waals surface area contributed by atoms with Gasteiger partial charge in [-0.05, 0) is 31.9 Å². The molecule has 23 heavy (non-hydrogen) atoms. The van der Waals surface area contributed by atoms with Crippen molar-refractivity contribution in [2.45, 2.75) is 52.3 Å². The summed E-state index contributed by atoms with van der Waals surface area (Å²) in [6.45, 7) is 11.4. The standard InChI is InChI=1S/C20H26N2O/c1-15-12-22(13-16-8-6-5-7-9-16)14-17-10-11-18(21-19(15)17)23-20(2,3)4/h5-11,15H,12-14H2,1-4H3. The van der Waals surface area contributed by atoms with Crippen LogP contribution in [0.2, 0.25) is 0 Å². The first-order valence-electron chi connectivity index (χ1n) is 8.36. The Morgan fingerprint density at radius 2 is 1.87 bits per heavy atom. The highest BCUT2D eigenvalue weighted by Crippen LogP contribution is 2.30. The van der Waals surface area contributed by atoms with Crippen LogP contribution >= 0.6 is 0 Å². The molecule has 1 aliphatic rings. The molecule has 0 saturated carbocycles. The fourth-order valence-electron chi connectivity index (χ4n) is 3.16. The number of hydrogen-bond acceptors (Lipinski definition) is 3. The van der Waals surface area contributed by atoms with E-state index in [1.54, 1.807) is 0 Å². The van der Waals surface area contributed by atoms with Crippen LogP contribution in [0.5, 0.6) is 5.88 Å². The Labute approximate surface area is 139 Å². The Morgan fingerprint density at radius 3 is 2.57 bits per heavy atom. The molecular formula is C20H26N2O. The fourth-order valence-corrected chi connectivity index (χ4v) is 3.16. The van der Waals surface area contributed by atoms with Gasteiger partial charge in [0.05, 0.1) is 5.69 Å². The molecule has 122 valence electrons. The van der Waals surface area contributed by atoms with Gasteiger partial charge in [0.2, 0.25) is 5.88 Å². The van der Waals surface area contributed by atoms with Crippen LogP contribution in [-0.4, -0.2) is 22.0 Å². The minimum absolute atomic E-state index is 0.210. The van der Waals surface area contributed by atoms with E-state index < -0.39 is 0 Å². The van der Waals surface area contributed by atoms with E-state index in [0.717, 1.165) is 25.5 Å². The lowest BCUT2D eigenvalue weighted by molar-refractivity contribution is 0.122. The molecule has 2 aromatic rings. The monoisotopic (exact) mass is 310 g/mol. The Kier molecular flexibility index (Phi) is 4.40. The molecule has 0 aliphatic carbocycles. The molecule has 0 N–H and O–H groups in total. The molecule has 0 fully saturated rings. The van der Waals surface area contributed by atoms with Crippen molar-refractivity contribution in [3.8, 4) is 5.88 Å². The summed E-state index contributed by atoms with van der Waals surface area (Å²) in [4.78, 5) is 7.27. The van der Waals surface area contributed by atoms with Gasteiger partial charge in [-0.3, -0.25) is 4.90 Å². The second-order valence-electron chi connectivity index (χ2n) is 7.46. The van der Waals surface area contributed by atoms with Crippen LogP contribution in [0.25, 0.3) is 0 Å². The first-order valence-corrected chi connectivity index (χ1v) is 8.36. The number of nitrogens with zero attached hydrogens (tertiary/aromatic N) is 2. The van der Waals surface area contributed by atoms with E-state index in [0.29, 0.717) is 5.92 Å². The maximum atomic E-state index is 5.91. The summed E-state index contributed by atoms with van der Waals surface area (Å²) in [7, 11) is 0. The van der Waals surface area contributed by atoms with Gasteiger partial charge in [-0.15, -0.1) is 0 Å². The molecule has 1 aliphatic heterocycles. The van der Waals surface area contributed by atoms with Crippen molar-refractivity contribution in [1.82, 2.24) is 9.88 Å². The predicted octanol–water partition coefficient (Wildman–Crippen LogP) is 4.38. The number of benzene rings is 1. The maximum absolute atomic E-state index is 5.91. The molecule has 2 heterocycles. The van der Waals surface area contributed by atoms with Crippen molar-refractivity contribution < 1.29 is 4.74 Å². The molecule has 3 nitrogen and oxygen atoms in total. The molecule has 3 heteroatoms. The number of aromatic nitrogens is 1. The Balaban J connectivity index is 1.76. The lowest BCUT2D eigenvalue weighted by Gasteiger charge is -2.33. The average Bonchev–Trinajstić information content (AvgIpc) is 2.47. The summed E-state index contributed by atoms with van der Waals surface area (Å²) in [5, 5.41) is 0. The van der Waals surface area contributed by atoms with Crippen LogP contribution in [0.1, 0.15) is 50.4 Å². The van der Waals surface area contributed by atoms with E-state index in [2.05, 4.69) is 69.0 Å². The highest BCUT2D eigenvalue weighted by Gasteiger charge is 2.25. The second kappa shape index (κ2) is 6.32. The zero-order chi connectivity index (χ0) is 16.4. The number of hydrogen-bond donors (Lipinski definition) is 0. The van der Waals surface area contributed by atoms with Crippen LogP contribution in [0.15, 0.2) is 42.5 Å². The van der Waals surface area contributed by atoms with Crippen molar-refractivity contribution in [2.75, 3.05) is 6.54 Å². The first kappa shape index (κ1) is 16.0. The minimum atomic E-state index is -0.210. The zero-order valence-corrected chi connectivity index (χ0v) is 14.5. The highest BCUT2D eigenvalue weighted by molar-refractivity contribution is 5.31. The summed E-state index contributed by atoms with van der Waals surface area (Å²) in [5.41, 5.74) is 3.67. The van der Waals surface area contributed by atoms with Crippen LogP contribution < -0.4 is 4.74 Å². The second-order valence-corrected chi connectivity index (χ2v) is 7.46. The Hall–Kier alpha value is -1.87. The quantitative estimate of drug-likeness (QED) is 0.841. The zero-order valence-electron chi connectivity index (χ0n) is 14.5. The van der Waals surface area contributed by atoms with E-state index in [-0.39, 0.29) is 5.60 Å². The first-order chi connectivity index (χ1) is 10.9. The normalized spacial score (nSPS) is 18.5. The summed E-state index contributed by atoms with van der Waals surface area (Å²) in [6.07, 6.45) is 0. The van der Waals surface area contributed by atoms with Crippen LogP contribution in [0, 0.1) is 0 Å². The molecule has 1 aromatic carbocycles. The van der Waals surface area contributed by atoms with Crippen molar-refractivity contribution in [3.05, 3.63) is 59.3 Å². The van der Waals surface area contributed by atoms with Gasteiger partial charge in [0.1, 0.15) is 5.60 Å². The molecule has 0 bridgehead atoms. The number of fused-ring (bicyclic) bond motifs is 1. The van der Waals surface area contributed by atoms with Gasteiger partial charge >= 0.3 is 0 Å². The SMILES string of the molecule is CC1CN(Cc2ccccc2)Cc2ccc(OC(C)(C)C)nc21. The van der Waals surface area contributed by atoms with Crippen molar-refractivity contribution in [3.63, 3.8) is 0 Å². The van der Waals surface area contributed by atoms with E-state index in [1.165, 1.54) is 16.8 Å². The van der Waals surface area contributed by atoms with Gasteiger partial charge < -0.3 is 4.74 Å².